The molecule has 0 saturated carbocycles. The third kappa shape index (κ3) is 6.19. The summed E-state index contributed by atoms with van der Waals surface area (Å²) in [5, 5.41) is 16.8. The number of thiazole rings is 1. The fourth-order valence-electron chi connectivity index (χ4n) is 1.36. The van der Waals surface area contributed by atoms with Gasteiger partial charge in [-0.05, 0) is 5.92 Å². The first kappa shape index (κ1) is 14.4. The van der Waals surface area contributed by atoms with Gasteiger partial charge in [-0.2, -0.15) is 0 Å². The maximum Gasteiger partial charge on any atom is 0.314 e. The highest BCUT2D eigenvalue weighted by Gasteiger charge is 2.08. The molecule has 18 heavy (non-hydrogen) atoms. The van der Waals surface area contributed by atoms with Crippen molar-refractivity contribution in [3.8, 4) is 0 Å². The summed E-state index contributed by atoms with van der Waals surface area (Å²) in [6.45, 7) is 2.66. The smallest absolute Gasteiger partial charge is 0.314 e. The molecule has 1 rings (SSSR count). The van der Waals surface area contributed by atoms with Crippen LogP contribution in [0.25, 0.3) is 0 Å². The van der Waals surface area contributed by atoms with Crippen molar-refractivity contribution in [1.82, 2.24) is 15.6 Å². The van der Waals surface area contributed by atoms with Crippen LogP contribution in [0.4, 0.5) is 4.79 Å². The first-order valence-electron chi connectivity index (χ1n) is 5.69. The van der Waals surface area contributed by atoms with Crippen molar-refractivity contribution in [2.24, 2.45) is 5.92 Å². The molecule has 0 radical (unpaired) electrons. The topological polar surface area (TPSA) is 91.3 Å². The van der Waals surface area contributed by atoms with Gasteiger partial charge in [-0.25, -0.2) is 9.78 Å². The van der Waals surface area contributed by atoms with Crippen molar-refractivity contribution >= 4 is 23.3 Å². The van der Waals surface area contributed by atoms with E-state index in [0.29, 0.717) is 19.5 Å². The first-order chi connectivity index (χ1) is 8.58. The monoisotopic (exact) mass is 271 g/mol. The molecule has 1 unspecified atom stereocenters. The molecule has 0 fully saturated rings. The van der Waals surface area contributed by atoms with Crippen LogP contribution in [0.2, 0.25) is 0 Å². The molecule has 0 bridgehead atoms. The van der Waals surface area contributed by atoms with E-state index in [2.05, 4.69) is 15.6 Å². The molecule has 1 aromatic heterocycles. The fraction of sp³-hybridized carbons (Fsp3) is 0.545. The standard InChI is InChI=1S/C11H17N3O3S/c1-8(6-10(15)16)7-14-11(17)13-3-2-9-12-4-5-18-9/h4-5,8H,2-3,6-7H2,1H3,(H,15,16)(H2,13,14,17). The average Bonchev–Trinajstić information content (AvgIpc) is 2.78. The Morgan fingerprint density at radius 3 is 2.89 bits per heavy atom. The van der Waals surface area contributed by atoms with Gasteiger partial charge in [0, 0.05) is 37.5 Å². The number of carboxylic acid groups (broad SMARTS) is 1. The van der Waals surface area contributed by atoms with Crippen LogP contribution in [0.1, 0.15) is 18.4 Å². The Morgan fingerprint density at radius 2 is 2.28 bits per heavy atom. The van der Waals surface area contributed by atoms with Gasteiger partial charge in [-0.3, -0.25) is 4.79 Å². The SMILES string of the molecule is CC(CNC(=O)NCCc1nccs1)CC(=O)O. The predicted octanol–water partition coefficient (Wildman–Crippen LogP) is 1.10. The van der Waals surface area contributed by atoms with Crippen LogP contribution in [0, 0.1) is 5.92 Å². The lowest BCUT2D eigenvalue weighted by molar-refractivity contribution is -0.137. The van der Waals surface area contributed by atoms with E-state index in [0.717, 1.165) is 5.01 Å². The number of carbonyl (C=O) groups excluding carboxylic acids is 1. The van der Waals surface area contributed by atoms with E-state index < -0.39 is 5.97 Å². The Balaban J connectivity index is 2.08. The van der Waals surface area contributed by atoms with Crippen LogP contribution in [-0.2, 0) is 11.2 Å². The van der Waals surface area contributed by atoms with Gasteiger partial charge in [0.25, 0.3) is 0 Å². The zero-order chi connectivity index (χ0) is 13.4. The minimum atomic E-state index is -0.853. The molecule has 0 aliphatic heterocycles. The molecule has 0 aromatic carbocycles. The van der Waals surface area contributed by atoms with Gasteiger partial charge < -0.3 is 15.7 Å². The highest BCUT2D eigenvalue weighted by atomic mass is 32.1. The fourth-order valence-corrected chi connectivity index (χ4v) is 1.98. The molecule has 6 nitrogen and oxygen atoms in total. The highest BCUT2D eigenvalue weighted by molar-refractivity contribution is 7.09. The Hall–Kier alpha value is -1.63. The van der Waals surface area contributed by atoms with Crippen LogP contribution < -0.4 is 10.6 Å². The second kappa shape index (κ2) is 7.65. The van der Waals surface area contributed by atoms with Gasteiger partial charge in [-0.15, -0.1) is 11.3 Å². The predicted molar refractivity (Wildman–Crippen MR) is 68.6 cm³/mol. The number of carbonyl (C=O) groups is 2. The lowest BCUT2D eigenvalue weighted by Gasteiger charge is -2.11. The van der Waals surface area contributed by atoms with Crippen LogP contribution >= 0.6 is 11.3 Å². The van der Waals surface area contributed by atoms with Crippen molar-refractivity contribution in [2.45, 2.75) is 19.8 Å². The zero-order valence-electron chi connectivity index (χ0n) is 10.2. The molecule has 100 valence electrons. The summed E-state index contributed by atoms with van der Waals surface area (Å²) >= 11 is 1.55. The number of hydrogen-bond acceptors (Lipinski definition) is 4. The maximum absolute atomic E-state index is 11.4. The summed E-state index contributed by atoms with van der Waals surface area (Å²) in [7, 11) is 0. The van der Waals surface area contributed by atoms with Gasteiger partial charge in [-0.1, -0.05) is 6.92 Å². The largest absolute Gasteiger partial charge is 0.481 e. The molecule has 2 amide bonds. The van der Waals surface area contributed by atoms with E-state index in [1.807, 2.05) is 5.38 Å². The number of aromatic nitrogens is 1. The maximum atomic E-state index is 11.4. The van der Waals surface area contributed by atoms with Crippen LogP contribution in [0.3, 0.4) is 0 Å². The molecule has 0 saturated heterocycles. The van der Waals surface area contributed by atoms with Crippen LogP contribution in [0.5, 0.6) is 0 Å². The average molecular weight is 271 g/mol. The van der Waals surface area contributed by atoms with E-state index in [9.17, 15) is 9.59 Å². The molecule has 1 heterocycles. The second-order valence-corrected chi connectivity index (χ2v) is 4.99. The van der Waals surface area contributed by atoms with Gasteiger partial charge in [0.05, 0.1) is 5.01 Å². The number of hydrogen-bond donors (Lipinski definition) is 3. The number of amides is 2. The number of nitrogens with zero attached hydrogens (tertiary/aromatic N) is 1. The number of aliphatic carboxylic acids is 1. The Labute approximate surface area is 109 Å². The van der Waals surface area contributed by atoms with E-state index in [1.54, 1.807) is 24.5 Å². The highest BCUT2D eigenvalue weighted by Crippen LogP contribution is 2.03. The molecule has 3 N–H and O–H groups in total. The third-order valence-corrected chi connectivity index (χ3v) is 3.08. The zero-order valence-corrected chi connectivity index (χ0v) is 11.0. The minimum absolute atomic E-state index is 0.0550. The molecular formula is C11H17N3O3S. The summed E-state index contributed by atoms with van der Waals surface area (Å²) in [4.78, 5) is 25.9. The molecule has 0 spiro atoms. The van der Waals surface area contributed by atoms with E-state index in [-0.39, 0.29) is 18.4 Å². The number of carboxylic acids is 1. The Morgan fingerprint density at radius 1 is 1.50 bits per heavy atom. The van der Waals surface area contributed by atoms with Crippen molar-refractivity contribution in [3.63, 3.8) is 0 Å². The number of nitrogens with one attached hydrogen (secondary N) is 2. The first-order valence-corrected chi connectivity index (χ1v) is 6.57. The summed E-state index contributed by atoms with van der Waals surface area (Å²) in [5.41, 5.74) is 0. The summed E-state index contributed by atoms with van der Waals surface area (Å²) in [5.74, 6) is -0.930. The van der Waals surface area contributed by atoms with Crippen molar-refractivity contribution in [1.29, 1.82) is 0 Å². The lowest BCUT2D eigenvalue weighted by atomic mass is 10.1. The molecular weight excluding hydrogens is 254 g/mol. The second-order valence-electron chi connectivity index (χ2n) is 4.02. The third-order valence-electron chi connectivity index (χ3n) is 2.24. The number of urea groups is 1. The van der Waals surface area contributed by atoms with Crippen LogP contribution in [-0.4, -0.2) is 35.2 Å². The summed E-state index contributed by atoms with van der Waals surface area (Å²) in [6.07, 6.45) is 2.49. The number of rotatable bonds is 7. The van der Waals surface area contributed by atoms with Gasteiger partial charge in [0.1, 0.15) is 0 Å². The van der Waals surface area contributed by atoms with E-state index in [4.69, 9.17) is 5.11 Å². The molecule has 1 atom stereocenters. The normalized spacial score (nSPS) is 11.8. The van der Waals surface area contributed by atoms with E-state index >= 15 is 0 Å². The lowest BCUT2D eigenvalue weighted by Crippen LogP contribution is -2.39. The quantitative estimate of drug-likeness (QED) is 0.692. The van der Waals surface area contributed by atoms with Crippen LogP contribution in [0.15, 0.2) is 11.6 Å². The van der Waals surface area contributed by atoms with Gasteiger partial charge in [0.15, 0.2) is 0 Å². The molecule has 0 aliphatic rings. The van der Waals surface area contributed by atoms with Crippen molar-refractivity contribution in [3.05, 3.63) is 16.6 Å². The molecule has 7 heteroatoms. The summed E-state index contributed by atoms with van der Waals surface area (Å²) in [6, 6.07) is -0.274. The van der Waals surface area contributed by atoms with Gasteiger partial charge >= 0.3 is 12.0 Å². The van der Waals surface area contributed by atoms with Crippen molar-refractivity contribution < 1.29 is 14.7 Å². The molecule has 0 aliphatic carbocycles. The summed E-state index contributed by atoms with van der Waals surface area (Å²) < 4.78 is 0. The molecule has 1 aromatic rings. The Bertz CT molecular complexity index is 381. The Kier molecular flexibility index (Phi) is 6.13. The van der Waals surface area contributed by atoms with E-state index in [1.165, 1.54) is 0 Å². The van der Waals surface area contributed by atoms with Gasteiger partial charge in [0.2, 0.25) is 0 Å². The minimum Gasteiger partial charge on any atom is -0.481 e. The van der Waals surface area contributed by atoms with Crippen molar-refractivity contribution in [2.75, 3.05) is 13.1 Å².